The van der Waals surface area contributed by atoms with Crippen molar-refractivity contribution in [3.05, 3.63) is 35.9 Å². The number of benzene rings is 1. The Morgan fingerprint density at radius 2 is 1.91 bits per heavy atom. The maximum absolute atomic E-state index is 14.4. The topological polar surface area (TPSA) is 98.7 Å². The molecule has 0 bridgehead atoms. The zero-order chi connectivity index (χ0) is 23.5. The van der Waals surface area contributed by atoms with E-state index in [4.69, 9.17) is 9.47 Å². The Hall–Kier alpha value is -2.59. The molecule has 2 heterocycles. The lowest BCUT2D eigenvalue weighted by atomic mass is 10.0. The zero-order valence-corrected chi connectivity index (χ0v) is 19.5. The second kappa shape index (κ2) is 9.91. The highest BCUT2D eigenvalue weighted by molar-refractivity contribution is 7.90. The molecule has 0 saturated carbocycles. The molecule has 10 heteroatoms. The molecule has 1 fully saturated rings. The zero-order valence-electron chi connectivity index (χ0n) is 18.7. The largest absolute Gasteiger partial charge is 0.474 e. The van der Waals surface area contributed by atoms with Gasteiger partial charge in [0.25, 0.3) is 0 Å². The molecule has 1 unspecified atom stereocenters. The van der Waals surface area contributed by atoms with Crippen LogP contribution in [0.2, 0.25) is 0 Å². The van der Waals surface area contributed by atoms with Crippen LogP contribution in [0.15, 0.2) is 29.4 Å². The fraction of sp³-hybridized carbons (Fsp3) is 0.500. The Balaban J connectivity index is 1.65. The van der Waals surface area contributed by atoms with Crippen LogP contribution in [0.4, 0.5) is 4.39 Å². The predicted molar refractivity (Wildman–Crippen MR) is 116 cm³/mol. The van der Waals surface area contributed by atoms with Gasteiger partial charge in [-0.25, -0.2) is 22.8 Å². The molecule has 174 valence electrons. The van der Waals surface area contributed by atoms with Crippen molar-refractivity contribution in [3.8, 4) is 17.5 Å². The van der Waals surface area contributed by atoms with Crippen molar-refractivity contribution < 1.29 is 27.1 Å². The summed E-state index contributed by atoms with van der Waals surface area (Å²) in [5, 5.41) is 0. The van der Waals surface area contributed by atoms with Crippen molar-refractivity contribution in [1.82, 2.24) is 14.9 Å². The van der Waals surface area contributed by atoms with Gasteiger partial charge < -0.3 is 14.4 Å². The second-order valence-electron chi connectivity index (χ2n) is 8.20. The van der Waals surface area contributed by atoms with Crippen LogP contribution < -0.4 is 9.47 Å². The molecule has 1 aliphatic rings. The summed E-state index contributed by atoms with van der Waals surface area (Å²) in [6, 6.07) is 3.45. The first-order chi connectivity index (χ1) is 15.0. The van der Waals surface area contributed by atoms with Crippen molar-refractivity contribution >= 4 is 15.6 Å². The van der Waals surface area contributed by atoms with E-state index in [2.05, 4.69) is 14.9 Å². The van der Waals surface area contributed by atoms with Crippen molar-refractivity contribution in [3.63, 3.8) is 0 Å². The van der Waals surface area contributed by atoms with E-state index in [-0.39, 0.29) is 34.3 Å². The number of carbonyl (C=O) groups is 1. The van der Waals surface area contributed by atoms with E-state index in [0.29, 0.717) is 11.4 Å². The van der Waals surface area contributed by atoms with E-state index in [9.17, 15) is 17.6 Å². The molecule has 1 atom stereocenters. The van der Waals surface area contributed by atoms with Gasteiger partial charge in [0.05, 0.1) is 10.5 Å². The third kappa shape index (κ3) is 6.01. The van der Waals surface area contributed by atoms with E-state index in [1.54, 1.807) is 13.8 Å². The number of likely N-dealkylation sites (tertiary alicyclic amines) is 1. The minimum absolute atomic E-state index is 0.0168. The lowest BCUT2D eigenvalue weighted by Gasteiger charge is -2.33. The number of ketones is 1. The van der Waals surface area contributed by atoms with Gasteiger partial charge >= 0.3 is 0 Å². The van der Waals surface area contributed by atoms with Crippen LogP contribution in [-0.4, -0.2) is 61.1 Å². The Kier molecular flexibility index (Phi) is 7.45. The Bertz CT molecular complexity index is 1080. The average molecular weight is 466 g/mol. The quantitative estimate of drug-likeness (QED) is 0.586. The van der Waals surface area contributed by atoms with Gasteiger partial charge in [0.15, 0.2) is 21.4 Å². The molecule has 1 saturated heterocycles. The summed E-state index contributed by atoms with van der Waals surface area (Å²) in [4.78, 5) is 21.9. The van der Waals surface area contributed by atoms with Crippen LogP contribution in [0.5, 0.6) is 17.5 Å². The number of carbonyl (C=O) groups excluding carboxylic acids is 1. The number of halogens is 1. The Morgan fingerprint density at radius 1 is 1.25 bits per heavy atom. The summed E-state index contributed by atoms with van der Waals surface area (Å²) >= 11 is 0. The molecule has 8 nitrogen and oxygen atoms in total. The molecule has 2 aromatic rings. The standard InChI is InChI=1S/C22H28FN3O5S/c1-14(16(3)27)12-26-9-7-17(8-10-26)30-21-15(2)22(25-13-24-21)31-20-6-5-18(11-19(20)23)32(4,28)29/h5-6,11,13-14,17H,7-10,12H2,1-4H3. The van der Waals surface area contributed by atoms with E-state index < -0.39 is 15.7 Å². The molecule has 1 aliphatic heterocycles. The molecule has 0 spiro atoms. The van der Waals surface area contributed by atoms with Crippen LogP contribution in [0, 0.1) is 18.7 Å². The fourth-order valence-electron chi connectivity index (χ4n) is 3.42. The third-order valence-corrected chi connectivity index (χ3v) is 6.68. The smallest absolute Gasteiger partial charge is 0.229 e. The number of piperidine rings is 1. The number of Topliss-reactive ketones (excluding diaryl/α,β-unsaturated/α-hetero) is 1. The number of aromatic nitrogens is 2. The normalized spacial score (nSPS) is 16.5. The van der Waals surface area contributed by atoms with Gasteiger partial charge in [-0.15, -0.1) is 0 Å². The second-order valence-corrected chi connectivity index (χ2v) is 10.2. The molecule has 0 radical (unpaired) electrons. The molecule has 3 rings (SSSR count). The highest BCUT2D eigenvalue weighted by Gasteiger charge is 2.24. The fourth-order valence-corrected chi connectivity index (χ4v) is 4.06. The van der Waals surface area contributed by atoms with Crippen LogP contribution >= 0.6 is 0 Å². The van der Waals surface area contributed by atoms with Gasteiger partial charge in [0.1, 0.15) is 18.2 Å². The van der Waals surface area contributed by atoms with Gasteiger partial charge in [0, 0.05) is 31.8 Å². The minimum atomic E-state index is -3.52. The molecular formula is C22H28FN3O5S. The van der Waals surface area contributed by atoms with Gasteiger partial charge in [-0.2, -0.15) is 0 Å². The van der Waals surface area contributed by atoms with E-state index in [0.717, 1.165) is 44.8 Å². The molecular weight excluding hydrogens is 437 g/mol. The van der Waals surface area contributed by atoms with Gasteiger partial charge in [-0.1, -0.05) is 6.92 Å². The first-order valence-corrected chi connectivity index (χ1v) is 12.3. The first kappa shape index (κ1) is 24.1. The number of hydrogen-bond acceptors (Lipinski definition) is 8. The maximum atomic E-state index is 14.4. The third-order valence-electron chi connectivity index (χ3n) is 5.57. The number of sulfone groups is 1. The highest BCUT2D eigenvalue weighted by Crippen LogP contribution is 2.31. The van der Waals surface area contributed by atoms with E-state index >= 15 is 0 Å². The highest BCUT2D eigenvalue weighted by atomic mass is 32.2. The lowest BCUT2D eigenvalue weighted by Crippen LogP contribution is -2.41. The van der Waals surface area contributed by atoms with E-state index in [1.807, 2.05) is 6.92 Å². The molecule has 1 aromatic carbocycles. The van der Waals surface area contributed by atoms with Crippen LogP contribution in [-0.2, 0) is 14.6 Å². The number of rotatable bonds is 8. The number of hydrogen-bond donors (Lipinski definition) is 0. The van der Waals surface area contributed by atoms with Crippen molar-refractivity contribution in [2.75, 3.05) is 25.9 Å². The van der Waals surface area contributed by atoms with Gasteiger partial charge in [-0.05, 0) is 44.9 Å². The summed E-state index contributed by atoms with van der Waals surface area (Å²) in [5.74, 6) is -0.246. The molecule has 0 aliphatic carbocycles. The molecule has 0 N–H and O–H groups in total. The van der Waals surface area contributed by atoms with Crippen LogP contribution in [0.25, 0.3) is 0 Å². The predicted octanol–water partition coefficient (Wildman–Crippen LogP) is 3.19. The molecule has 0 amide bonds. The average Bonchev–Trinajstić information content (AvgIpc) is 2.72. The van der Waals surface area contributed by atoms with Crippen LogP contribution in [0.1, 0.15) is 32.3 Å². The lowest BCUT2D eigenvalue weighted by molar-refractivity contribution is -0.120. The van der Waals surface area contributed by atoms with Crippen molar-refractivity contribution in [2.24, 2.45) is 5.92 Å². The van der Waals surface area contributed by atoms with Gasteiger partial charge in [0.2, 0.25) is 11.8 Å². The number of nitrogens with zero attached hydrogens (tertiary/aromatic N) is 3. The minimum Gasteiger partial charge on any atom is -0.474 e. The first-order valence-electron chi connectivity index (χ1n) is 10.4. The summed E-state index contributed by atoms with van der Waals surface area (Å²) in [6.45, 7) is 7.67. The maximum Gasteiger partial charge on any atom is 0.229 e. The van der Waals surface area contributed by atoms with Crippen LogP contribution in [0.3, 0.4) is 0 Å². The summed E-state index contributed by atoms with van der Waals surface area (Å²) in [5.41, 5.74) is 0.520. The van der Waals surface area contributed by atoms with Gasteiger partial charge in [-0.3, -0.25) is 4.79 Å². The monoisotopic (exact) mass is 465 g/mol. The summed E-state index contributed by atoms with van der Waals surface area (Å²) in [7, 11) is -3.52. The Labute approximate surface area is 187 Å². The van der Waals surface area contributed by atoms with E-state index in [1.165, 1.54) is 18.5 Å². The Morgan fingerprint density at radius 3 is 2.50 bits per heavy atom. The number of ether oxygens (including phenoxy) is 2. The van der Waals surface area contributed by atoms with Crippen molar-refractivity contribution in [1.29, 1.82) is 0 Å². The SMILES string of the molecule is CC(=O)C(C)CN1CCC(Oc2ncnc(Oc3ccc(S(C)(=O)=O)cc3F)c2C)CC1. The summed E-state index contributed by atoms with van der Waals surface area (Å²) < 4.78 is 49.2. The van der Waals surface area contributed by atoms with Crippen molar-refractivity contribution in [2.45, 2.75) is 44.6 Å². The summed E-state index contributed by atoms with van der Waals surface area (Å²) in [6.07, 6.45) is 3.85. The molecule has 1 aromatic heterocycles. The molecule has 32 heavy (non-hydrogen) atoms.